The first-order valence-electron chi connectivity index (χ1n) is 8.40. The summed E-state index contributed by atoms with van der Waals surface area (Å²) in [5.74, 6) is 6.43. The lowest BCUT2D eigenvalue weighted by atomic mass is 10.2. The summed E-state index contributed by atoms with van der Waals surface area (Å²) in [7, 11) is 0. The number of nitrogens with one attached hydrogen (secondary N) is 2. The number of halogens is 1. The van der Waals surface area contributed by atoms with Gasteiger partial charge in [0.1, 0.15) is 12.4 Å². The molecule has 0 fully saturated rings. The van der Waals surface area contributed by atoms with E-state index in [2.05, 4.69) is 27.5 Å². The van der Waals surface area contributed by atoms with Crippen molar-refractivity contribution in [1.82, 2.24) is 15.6 Å². The number of carbonyl (C=O) groups excluding carboxylic acids is 1. The zero-order chi connectivity index (χ0) is 18.9. The molecule has 2 N–H and O–H groups in total. The van der Waals surface area contributed by atoms with Gasteiger partial charge in [0, 0.05) is 29.2 Å². The number of hydrogen-bond donors (Lipinski definition) is 2. The molecule has 1 heterocycles. The van der Waals surface area contributed by atoms with E-state index in [-0.39, 0.29) is 19.2 Å². The molecule has 0 aliphatic rings. The SMILES string of the molecule is O=C(NCC#CCOc1ccc2cccnc2c1)NCc1ccc(Cl)cc1. The third kappa shape index (κ3) is 5.91. The fourth-order valence-corrected chi connectivity index (χ4v) is 2.47. The van der Waals surface area contributed by atoms with E-state index in [1.54, 1.807) is 18.3 Å². The zero-order valence-corrected chi connectivity index (χ0v) is 15.3. The Labute approximate surface area is 162 Å². The first-order valence-corrected chi connectivity index (χ1v) is 8.78. The minimum absolute atomic E-state index is 0.242. The number of urea groups is 1. The highest BCUT2D eigenvalue weighted by Gasteiger charge is 1.99. The first-order chi connectivity index (χ1) is 13.2. The molecule has 6 heteroatoms. The van der Waals surface area contributed by atoms with Crippen LogP contribution in [0, 0.1) is 11.8 Å². The Morgan fingerprint density at radius 1 is 1.07 bits per heavy atom. The number of carbonyl (C=O) groups is 1. The number of nitrogens with zero attached hydrogens (tertiary/aromatic N) is 1. The number of aromatic nitrogens is 1. The normalized spacial score (nSPS) is 9.96. The summed E-state index contributed by atoms with van der Waals surface area (Å²) in [5, 5.41) is 7.15. The molecule has 0 unspecified atom stereocenters. The quantitative estimate of drug-likeness (QED) is 0.663. The van der Waals surface area contributed by atoms with Gasteiger partial charge in [-0.3, -0.25) is 4.98 Å². The molecule has 0 bridgehead atoms. The van der Waals surface area contributed by atoms with E-state index in [1.807, 2.05) is 42.5 Å². The van der Waals surface area contributed by atoms with Gasteiger partial charge in [-0.15, -0.1) is 0 Å². The lowest BCUT2D eigenvalue weighted by Gasteiger charge is -2.05. The molecular formula is C21H18ClN3O2. The number of pyridine rings is 1. The molecule has 0 spiro atoms. The predicted molar refractivity (Wildman–Crippen MR) is 107 cm³/mol. The van der Waals surface area contributed by atoms with Crippen molar-refractivity contribution in [2.24, 2.45) is 0 Å². The molecule has 5 nitrogen and oxygen atoms in total. The number of ether oxygens (including phenoxy) is 1. The van der Waals surface area contributed by atoms with Crippen LogP contribution < -0.4 is 15.4 Å². The number of fused-ring (bicyclic) bond motifs is 1. The fourth-order valence-electron chi connectivity index (χ4n) is 2.34. The van der Waals surface area contributed by atoms with Gasteiger partial charge in [-0.1, -0.05) is 41.6 Å². The molecule has 0 saturated heterocycles. The molecule has 136 valence electrons. The molecular weight excluding hydrogens is 362 g/mol. The van der Waals surface area contributed by atoms with Crippen molar-refractivity contribution in [1.29, 1.82) is 0 Å². The van der Waals surface area contributed by atoms with Crippen LogP contribution in [-0.2, 0) is 6.54 Å². The molecule has 0 atom stereocenters. The molecule has 0 aliphatic carbocycles. The summed E-state index contributed by atoms with van der Waals surface area (Å²) >= 11 is 5.82. The minimum Gasteiger partial charge on any atom is -0.481 e. The Kier molecular flexibility index (Phi) is 6.50. The lowest BCUT2D eigenvalue weighted by Crippen LogP contribution is -2.35. The van der Waals surface area contributed by atoms with Crippen LogP contribution in [0.15, 0.2) is 60.8 Å². The third-order valence-electron chi connectivity index (χ3n) is 3.72. The fraction of sp³-hybridized carbons (Fsp3) is 0.143. The molecule has 0 aliphatic heterocycles. The number of benzene rings is 2. The average molecular weight is 380 g/mol. The summed E-state index contributed by atoms with van der Waals surface area (Å²) < 4.78 is 5.58. The van der Waals surface area contributed by atoms with E-state index in [4.69, 9.17) is 16.3 Å². The van der Waals surface area contributed by atoms with Gasteiger partial charge in [-0.2, -0.15) is 0 Å². The van der Waals surface area contributed by atoms with Gasteiger partial charge in [0.2, 0.25) is 0 Å². The molecule has 3 aromatic rings. The summed E-state index contributed by atoms with van der Waals surface area (Å²) in [4.78, 5) is 16.0. The van der Waals surface area contributed by atoms with Crippen LogP contribution in [0.1, 0.15) is 5.56 Å². The van der Waals surface area contributed by atoms with E-state index in [0.29, 0.717) is 17.3 Å². The van der Waals surface area contributed by atoms with Crippen LogP contribution in [0.2, 0.25) is 5.02 Å². The van der Waals surface area contributed by atoms with E-state index in [0.717, 1.165) is 16.5 Å². The Morgan fingerprint density at radius 2 is 1.93 bits per heavy atom. The maximum absolute atomic E-state index is 11.7. The van der Waals surface area contributed by atoms with Crippen molar-refractivity contribution < 1.29 is 9.53 Å². The van der Waals surface area contributed by atoms with Gasteiger partial charge < -0.3 is 15.4 Å². The van der Waals surface area contributed by atoms with Gasteiger partial charge in [-0.05, 0) is 35.9 Å². The summed E-state index contributed by atoms with van der Waals surface area (Å²) in [6.07, 6.45) is 1.75. The van der Waals surface area contributed by atoms with Gasteiger partial charge in [0.05, 0.1) is 12.1 Å². The predicted octanol–water partition coefficient (Wildman–Crippen LogP) is 3.77. The Hall–Kier alpha value is -3.23. The van der Waals surface area contributed by atoms with E-state index < -0.39 is 0 Å². The molecule has 0 radical (unpaired) electrons. The monoisotopic (exact) mass is 379 g/mol. The average Bonchev–Trinajstić information content (AvgIpc) is 2.70. The van der Waals surface area contributed by atoms with Crippen LogP contribution in [0.3, 0.4) is 0 Å². The van der Waals surface area contributed by atoms with Crippen LogP contribution in [0.25, 0.3) is 10.9 Å². The van der Waals surface area contributed by atoms with Crippen molar-refractivity contribution in [3.63, 3.8) is 0 Å². The highest BCUT2D eigenvalue weighted by atomic mass is 35.5. The second kappa shape index (κ2) is 9.46. The summed E-state index contributed by atoms with van der Waals surface area (Å²) in [5.41, 5.74) is 1.85. The first kappa shape index (κ1) is 18.6. The molecule has 2 aromatic carbocycles. The number of hydrogen-bond acceptors (Lipinski definition) is 3. The van der Waals surface area contributed by atoms with Crippen LogP contribution in [0.5, 0.6) is 5.75 Å². The van der Waals surface area contributed by atoms with Crippen molar-refractivity contribution in [2.75, 3.05) is 13.2 Å². The molecule has 0 saturated carbocycles. The van der Waals surface area contributed by atoms with E-state index in [1.165, 1.54) is 0 Å². The zero-order valence-electron chi connectivity index (χ0n) is 14.5. The van der Waals surface area contributed by atoms with Crippen LogP contribution >= 0.6 is 11.6 Å². The molecule has 1 aromatic heterocycles. The smallest absolute Gasteiger partial charge is 0.315 e. The summed E-state index contributed by atoms with van der Waals surface area (Å²) in [6.45, 7) is 0.914. The van der Waals surface area contributed by atoms with Crippen LogP contribution in [0.4, 0.5) is 4.79 Å². The second-order valence-electron chi connectivity index (χ2n) is 5.66. The van der Waals surface area contributed by atoms with E-state index in [9.17, 15) is 4.79 Å². The third-order valence-corrected chi connectivity index (χ3v) is 3.97. The Bertz CT molecular complexity index is 978. The summed E-state index contributed by atoms with van der Waals surface area (Å²) in [6, 6.07) is 16.6. The van der Waals surface area contributed by atoms with Crippen molar-refractivity contribution >= 4 is 28.5 Å². The van der Waals surface area contributed by atoms with Gasteiger partial charge in [0.25, 0.3) is 0 Å². The van der Waals surface area contributed by atoms with Crippen molar-refractivity contribution in [2.45, 2.75) is 6.54 Å². The molecule has 3 rings (SSSR count). The van der Waals surface area contributed by atoms with Crippen molar-refractivity contribution in [3.05, 3.63) is 71.4 Å². The molecule has 27 heavy (non-hydrogen) atoms. The molecule has 2 amide bonds. The van der Waals surface area contributed by atoms with E-state index >= 15 is 0 Å². The highest BCUT2D eigenvalue weighted by molar-refractivity contribution is 6.30. The number of rotatable bonds is 5. The van der Waals surface area contributed by atoms with Gasteiger partial charge in [0.15, 0.2) is 0 Å². The van der Waals surface area contributed by atoms with Gasteiger partial charge >= 0.3 is 6.03 Å². The Morgan fingerprint density at radius 3 is 2.78 bits per heavy atom. The Balaban J connectivity index is 1.36. The van der Waals surface area contributed by atoms with Crippen molar-refractivity contribution in [3.8, 4) is 17.6 Å². The number of amides is 2. The second-order valence-corrected chi connectivity index (χ2v) is 6.10. The minimum atomic E-state index is -0.277. The largest absolute Gasteiger partial charge is 0.481 e. The standard InChI is InChI=1S/C21H18ClN3O2/c22-18-8-5-16(6-9-18)15-25-21(26)24-11-1-2-13-27-19-10-7-17-4-3-12-23-20(17)14-19/h3-10,12,14H,11,13,15H2,(H2,24,25,26). The maximum Gasteiger partial charge on any atom is 0.315 e. The van der Waals surface area contributed by atoms with Gasteiger partial charge in [-0.25, -0.2) is 4.79 Å². The topological polar surface area (TPSA) is 63.2 Å². The lowest BCUT2D eigenvalue weighted by molar-refractivity contribution is 0.241. The maximum atomic E-state index is 11.7. The highest BCUT2D eigenvalue weighted by Crippen LogP contribution is 2.18. The van der Waals surface area contributed by atoms with Crippen LogP contribution in [-0.4, -0.2) is 24.2 Å².